The Balaban J connectivity index is 2.15. The molecule has 0 atom stereocenters. The lowest BCUT2D eigenvalue weighted by atomic mass is 10.5. The molecule has 2 aliphatic rings. The van der Waals surface area contributed by atoms with Gasteiger partial charge >= 0.3 is 0 Å². The molecule has 0 bridgehead atoms. The molecule has 1 aliphatic heterocycles. The highest BCUT2D eigenvalue weighted by Gasteiger charge is 2.56. The quantitative estimate of drug-likeness (QED) is 0.675. The summed E-state index contributed by atoms with van der Waals surface area (Å²) >= 11 is 0. The number of hydrogen-bond acceptors (Lipinski definition) is 4. The van der Waals surface area contributed by atoms with Crippen molar-refractivity contribution < 1.29 is 18.3 Å². The molecule has 1 heterocycles. The minimum atomic E-state index is -3.30. The number of nitrogens with zero attached hydrogens (tertiary/aromatic N) is 1. The van der Waals surface area contributed by atoms with E-state index in [-0.39, 0.29) is 6.61 Å². The van der Waals surface area contributed by atoms with Crippen LogP contribution in [-0.2, 0) is 14.8 Å². The second-order valence-electron chi connectivity index (χ2n) is 3.86. The van der Waals surface area contributed by atoms with Gasteiger partial charge in [0.1, 0.15) is 4.75 Å². The molecule has 2 fully saturated rings. The lowest BCUT2D eigenvalue weighted by Gasteiger charge is -2.29. The van der Waals surface area contributed by atoms with E-state index >= 15 is 0 Å². The molecule has 0 aromatic rings. The van der Waals surface area contributed by atoms with Crippen molar-refractivity contribution >= 4 is 10.0 Å². The molecule has 0 aromatic heterocycles. The molecule has 14 heavy (non-hydrogen) atoms. The van der Waals surface area contributed by atoms with E-state index < -0.39 is 14.8 Å². The number of hydrogen-bond donors (Lipinski definition) is 1. The van der Waals surface area contributed by atoms with E-state index in [1.54, 1.807) is 0 Å². The summed E-state index contributed by atoms with van der Waals surface area (Å²) in [6.45, 7) is 1.50. The van der Waals surface area contributed by atoms with Crippen molar-refractivity contribution in [1.29, 1.82) is 0 Å². The normalized spacial score (nSPS) is 27.5. The summed E-state index contributed by atoms with van der Waals surface area (Å²) in [5, 5.41) is 9.09. The highest BCUT2D eigenvalue weighted by molar-refractivity contribution is 7.90. The molecular weight excluding hydrogens is 206 g/mol. The highest BCUT2D eigenvalue weighted by atomic mass is 32.2. The van der Waals surface area contributed by atoms with Gasteiger partial charge in [-0.25, -0.2) is 8.42 Å². The van der Waals surface area contributed by atoms with Crippen LogP contribution < -0.4 is 0 Å². The lowest BCUT2D eigenvalue weighted by Crippen LogP contribution is -2.47. The minimum absolute atomic E-state index is 0.257. The van der Waals surface area contributed by atoms with Crippen molar-refractivity contribution in [2.75, 3.05) is 32.9 Å². The summed E-state index contributed by atoms with van der Waals surface area (Å²) in [6.07, 6.45) is 1.17. The summed E-state index contributed by atoms with van der Waals surface area (Å²) < 4.78 is 29.7. The van der Waals surface area contributed by atoms with Crippen LogP contribution in [0.1, 0.15) is 12.8 Å². The molecule has 1 aliphatic carbocycles. The van der Waals surface area contributed by atoms with Crippen LogP contribution in [0.5, 0.6) is 0 Å². The molecule has 2 rings (SSSR count). The summed E-state index contributed by atoms with van der Waals surface area (Å²) in [7, 11) is -3.30. The van der Waals surface area contributed by atoms with E-state index in [0.29, 0.717) is 39.1 Å². The molecule has 5 nitrogen and oxygen atoms in total. The predicted octanol–water partition coefficient (Wildman–Crippen LogP) is -0.827. The van der Waals surface area contributed by atoms with E-state index in [0.717, 1.165) is 0 Å². The van der Waals surface area contributed by atoms with Crippen LogP contribution in [0.25, 0.3) is 0 Å². The molecule has 0 unspecified atom stereocenters. The van der Waals surface area contributed by atoms with Crippen LogP contribution in [0.4, 0.5) is 0 Å². The third-order valence-corrected chi connectivity index (χ3v) is 5.63. The van der Waals surface area contributed by atoms with Crippen LogP contribution in [0, 0.1) is 0 Å². The van der Waals surface area contributed by atoms with Gasteiger partial charge in [-0.1, -0.05) is 0 Å². The number of sulfonamides is 1. The molecule has 0 radical (unpaired) electrons. The maximum atomic E-state index is 12.0. The molecule has 0 spiro atoms. The SMILES string of the molecule is O=S(=O)(N1CCOCC1)C1(CO)CC1. The molecule has 0 amide bonds. The summed E-state index contributed by atoms with van der Waals surface area (Å²) in [5.41, 5.74) is 0. The third kappa shape index (κ3) is 1.46. The van der Waals surface area contributed by atoms with Gasteiger partial charge in [-0.15, -0.1) is 0 Å². The smallest absolute Gasteiger partial charge is 0.222 e. The first-order valence-electron chi connectivity index (χ1n) is 4.81. The Kier molecular flexibility index (Phi) is 2.55. The van der Waals surface area contributed by atoms with Gasteiger partial charge < -0.3 is 9.84 Å². The van der Waals surface area contributed by atoms with Crippen LogP contribution in [0.15, 0.2) is 0 Å². The second kappa shape index (κ2) is 3.44. The third-order valence-electron chi connectivity index (χ3n) is 2.95. The van der Waals surface area contributed by atoms with Gasteiger partial charge in [-0.3, -0.25) is 0 Å². The van der Waals surface area contributed by atoms with Gasteiger partial charge in [0, 0.05) is 13.1 Å². The Hall–Kier alpha value is -0.170. The van der Waals surface area contributed by atoms with E-state index in [1.807, 2.05) is 0 Å². The van der Waals surface area contributed by atoms with Gasteiger partial charge in [0.05, 0.1) is 19.8 Å². The Morgan fingerprint density at radius 3 is 2.29 bits per heavy atom. The minimum Gasteiger partial charge on any atom is -0.395 e. The van der Waals surface area contributed by atoms with Crippen molar-refractivity contribution in [1.82, 2.24) is 4.31 Å². The Morgan fingerprint density at radius 2 is 1.86 bits per heavy atom. The van der Waals surface area contributed by atoms with E-state index in [1.165, 1.54) is 4.31 Å². The van der Waals surface area contributed by atoms with Crippen LogP contribution in [0.2, 0.25) is 0 Å². The van der Waals surface area contributed by atoms with Crippen LogP contribution in [-0.4, -0.2) is 55.5 Å². The molecule has 1 saturated heterocycles. The fraction of sp³-hybridized carbons (Fsp3) is 1.00. The topological polar surface area (TPSA) is 66.8 Å². The molecule has 82 valence electrons. The Bertz CT molecular complexity index is 303. The van der Waals surface area contributed by atoms with Crippen LogP contribution in [0.3, 0.4) is 0 Å². The molecule has 0 aromatic carbocycles. The monoisotopic (exact) mass is 221 g/mol. The fourth-order valence-electron chi connectivity index (χ4n) is 1.70. The van der Waals surface area contributed by atoms with Crippen molar-refractivity contribution in [3.05, 3.63) is 0 Å². The number of aliphatic hydroxyl groups is 1. The maximum absolute atomic E-state index is 12.0. The lowest BCUT2D eigenvalue weighted by molar-refractivity contribution is 0.0720. The molecule has 1 N–H and O–H groups in total. The average Bonchev–Trinajstić information content (AvgIpc) is 3.00. The van der Waals surface area contributed by atoms with Gasteiger partial charge in [0.15, 0.2) is 0 Å². The standard InChI is InChI=1S/C8H15NO4S/c10-7-8(1-2-8)14(11,12)9-3-5-13-6-4-9/h10H,1-7H2. The second-order valence-corrected chi connectivity index (χ2v) is 6.19. The van der Waals surface area contributed by atoms with Crippen molar-refractivity contribution in [3.8, 4) is 0 Å². The van der Waals surface area contributed by atoms with Gasteiger partial charge in [0.25, 0.3) is 0 Å². The zero-order valence-corrected chi connectivity index (χ0v) is 8.79. The van der Waals surface area contributed by atoms with Crippen molar-refractivity contribution in [2.24, 2.45) is 0 Å². The number of ether oxygens (including phenoxy) is 1. The zero-order chi connectivity index (χ0) is 10.2. The van der Waals surface area contributed by atoms with Gasteiger partial charge in [0.2, 0.25) is 10.0 Å². The van der Waals surface area contributed by atoms with E-state index in [9.17, 15) is 8.42 Å². The Morgan fingerprint density at radius 1 is 1.29 bits per heavy atom. The van der Waals surface area contributed by atoms with Crippen LogP contribution >= 0.6 is 0 Å². The molecule has 1 saturated carbocycles. The van der Waals surface area contributed by atoms with Gasteiger partial charge in [-0.2, -0.15) is 4.31 Å². The summed E-state index contributed by atoms with van der Waals surface area (Å²) in [6, 6.07) is 0. The number of morpholine rings is 1. The Labute approximate surface area is 83.7 Å². The van der Waals surface area contributed by atoms with Crippen molar-refractivity contribution in [2.45, 2.75) is 17.6 Å². The largest absolute Gasteiger partial charge is 0.395 e. The first kappa shape index (κ1) is 10.4. The highest BCUT2D eigenvalue weighted by Crippen LogP contribution is 2.44. The predicted molar refractivity (Wildman–Crippen MR) is 50.4 cm³/mol. The molecular formula is C8H15NO4S. The number of aliphatic hydroxyl groups excluding tert-OH is 1. The summed E-state index contributed by atoms with van der Waals surface area (Å²) in [5.74, 6) is 0. The average molecular weight is 221 g/mol. The number of rotatable bonds is 3. The maximum Gasteiger partial charge on any atom is 0.222 e. The first-order chi connectivity index (χ1) is 6.62. The molecule has 6 heteroatoms. The van der Waals surface area contributed by atoms with Gasteiger partial charge in [-0.05, 0) is 12.8 Å². The summed E-state index contributed by atoms with van der Waals surface area (Å²) in [4.78, 5) is 0. The van der Waals surface area contributed by atoms with Crippen molar-refractivity contribution in [3.63, 3.8) is 0 Å². The fourth-order valence-corrected chi connectivity index (χ4v) is 3.66. The van der Waals surface area contributed by atoms with E-state index in [2.05, 4.69) is 0 Å². The van der Waals surface area contributed by atoms with E-state index in [4.69, 9.17) is 9.84 Å². The first-order valence-corrected chi connectivity index (χ1v) is 6.25. The zero-order valence-electron chi connectivity index (χ0n) is 7.98.